The highest BCUT2D eigenvalue weighted by Crippen LogP contribution is 2.12. The predicted molar refractivity (Wildman–Crippen MR) is 53.3 cm³/mol. The van der Waals surface area contributed by atoms with Gasteiger partial charge in [-0.1, -0.05) is 23.4 Å². The lowest BCUT2D eigenvalue weighted by atomic mass is 10.1. The lowest BCUT2D eigenvalue weighted by Crippen LogP contribution is -2.00. The maximum atomic E-state index is 10.8. The second-order valence-electron chi connectivity index (χ2n) is 2.49. The number of nitriles is 1. The van der Waals surface area contributed by atoms with E-state index in [1.165, 1.54) is 12.3 Å². The van der Waals surface area contributed by atoms with Crippen LogP contribution in [-0.4, -0.2) is 16.1 Å². The smallest absolute Gasteiger partial charge is 0.337 e. The monoisotopic (exact) mass is 220 g/mol. The number of carbonyl (C=O) groups is 1. The number of aromatic nitrogens is 1. The Morgan fingerprint density at radius 3 is 3.00 bits per heavy atom. The molecule has 1 rings (SSSR count). The van der Waals surface area contributed by atoms with Crippen molar-refractivity contribution in [3.05, 3.63) is 28.5 Å². The fourth-order valence-corrected chi connectivity index (χ4v) is 1.04. The van der Waals surface area contributed by atoms with Gasteiger partial charge in [0.2, 0.25) is 0 Å². The average molecular weight is 221 g/mol. The molecular formula is C10H5ClN2O2. The van der Waals surface area contributed by atoms with E-state index in [1.54, 1.807) is 0 Å². The molecule has 0 unspecified atom stereocenters. The molecule has 0 amide bonds. The van der Waals surface area contributed by atoms with Crippen molar-refractivity contribution in [2.24, 2.45) is 0 Å². The highest BCUT2D eigenvalue weighted by Gasteiger charge is 2.09. The first kappa shape index (κ1) is 11.0. The summed E-state index contributed by atoms with van der Waals surface area (Å²) in [4.78, 5) is 14.5. The van der Waals surface area contributed by atoms with Crippen molar-refractivity contribution in [1.82, 2.24) is 4.98 Å². The van der Waals surface area contributed by atoms with Crippen LogP contribution >= 0.6 is 11.6 Å². The Morgan fingerprint density at radius 1 is 1.67 bits per heavy atom. The minimum absolute atomic E-state index is 0.0135. The van der Waals surface area contributed by atoms with Crippen LogP contribution in [0.2, 0.25) is 5.15 Å². The van der Waals surface area contributed by atoms with E-state index < -0.39 is 5.97 Å². The first-order valence-corrected chi connectivity index (χ1v) is 4.27. The fraction of sp³-hybridized carbons (Fsp3) is 0.100. The van der Waals surface area contributed by atoms with Gasteiger partial charge >= 0.3 is 5.97 Å². The number of pyridine rings is 1. The summed E-state index contributed by atoms with van der Waals surface area (Å²) < 4.78 is 0. The quantitative estimate of drug-likeness (QED) is 0.577. The molecule has 15 heavy (non-hydrogen) atoms. The van der Waals surface area contributed by atoms with Crippen LogP contribution in [-0.2, 0) is 0 Å². The van der Waals surface area contributed by atoms with Crippen molar-refractivity contribution >= 4 is 17.6 Å². The Bertz CT molecular complexity index is 494. The van der Waals surface area contributed by atoms with Gasteiger partial charge in [0.05, 0.1) is 23.6 Å². The maximum absolute atomic E-state index is 10.8. The van der Waals surface area contributed by atoms with Crippen LogP contribution in [0.25, 0.3) is 0 Å². The Morgan fingerprint density at radius 2 is 2.40 bits per heavy atom. The number of hydrogen-bond acceptors (Lipinski definition) is 3. The molecule has 74 valence electrons. The van der Waals surface area contributed by atoms with E-state index in [0.29, 0.717) is 0 Å². The summed E-state index contributed by atoms with van der Waals surface area (Å²) in [5.74, 6) is 3.93. The zero-order chi connectivity index (χ0) is 11.3. The lowest BCUT2D eigenvalue weighted by Gasteiger charge is -1.98. The minimum Gasteiger partial charge on any atom is -0.478 e. The van der Waals surface area contributed by atoms with Crippen LogP contribution in [0.4, 0.5) is 0 Å². The molecule has 1 aromatic rings. The van der Waals surface area contributed by atoms with Gasteiger partial charge < -0.3 is 5.11 Å². The van der Waals surface area contributed by atoms with E-state index in [4.69, 9.17) is 22.0 Å². The summed E-state index contributed by atoms with van der Waals surface area (Å²) in [6, 6.07) is 3.05. The summed E-state index contributed by atoms with van der Waals surface area (Å²) in [5, 5.41) is 17.2. The number of hydrogen-bond donors (Lipinski definition) is 1. The Balaban J connectivity index is 3.15. The molecule has 0 saturated carbocycles. The number of aromatic carboxylic acids is 1. The predicted octanol–water partition coefficient (Wildman–Crippen LogP) is 1.70. The first-order valence-electron chi connectivity index (χ1n) is 3.90. The van der Waals surface area contributed by atoms with Gasteiger partial charge in [-0.15, -0.1) is 0 Å². The second kappa shape index (κ2) is 4.99. The molecule has 0 aliphatic rings. The topological polar surface area (TPSA) is 74.0 Å². The molecule has 0 aromatic carbocycles. The van der Waals surface area contributed by atoms with Crippen molar-refractivity contribution in [2.75, 3.05) is 0 Å². The fourth-order valence-electron chi connectivity index (χ4n) is 0.885. The van der Waals surface area contributed by atoms with Crippen LogP contribution in [0.5, 0.6) is 0 Å². The van der Waals surface area contributed by atoms with Crippen LogP contribution in [0, 0.1) is 23.2 Å². The van der Waals surface area contributed by atoms with Crippen molar-refractivity contribution in [2.45, 2.75) is 6.42 Å². The number of carboxylic acid groups (broad SMARTS) is 1. The molecule has 0 radical (unpaired) electrons. The summed E-state index contributed by atoms with van der Waals surface area (Å²) in [6.07, 6.45) is 1.32. The molecule has 0 spiro atoms. The van der Waals surface area contributed by atoms with Crippen LogP contribution in [0.3, 0.4) is 0 Å². The Labute approximate surface area is 91.1 Å². The van der Waals surface area contributed by atoms with Crippen molar-refractivity contribution in [1.29, 1.82) is 5.26 Å². The van der Waals surface area contributed by atoms with Gasteiger partial charge in [0, 0.05) is 6.20 Å². The SMILES string of the molecule is N#CCC#Cc1cnc(Cl)cc1C(=O)O. The summed E-state index contributed by atoms with van der Waals surface area (Å²) in [7, 11) is 0. The Hall–Kier alpha value is -2.04. The van der Waals surface area contributed by atoms with Crippen LogP contribution < -0.4 is 0 Å². The third-order valence-corrected chi connectivity index (χ3v) is 1.70. The highest BCUT2D eigenvalue weighted by molar-refractivity contribution is 6.29. The normalized spacial score (nSPS) is 8.53. The minimum atomic E-state index is -1.12. The van der Waals surface area contributed by atoms with E-state index in [9.17, 15) is 4.79 Å². The number of halogens is 1. The molecule has 0 fully saturated rings. The van der Waals surface area contributed by atoms with E-state index in [2.05, 4.69) is 16.8 Å². The van der Waals surface area contributed by atoms with Gasteiger partial charge in [-0.25, -0.2) is 9.78 Å². The van der Waals surface area contributed by atoms with Crippen molar-refractivity contribution in [3.8, 4) is 17.9 Å². The largest absolute Gasteiger partial charge is 0.478 e. The van der Waals surface area contributed by atoms with Gasteiger partial charge in [0.15, 0.2) is 0 Å². The highest BCUT2D eigenvalue weighted by atomic mass is 35.5. The second-order valence-corrected chi connectivity index (χ2v) is 2.88. The molecule has 1 aromatic heterocycles. The lowest BCUT2D eigenvalue weighted by molar-refractivity contribution is 0.0696. The summed E-state index contributed by atoms with van der Waals surface area (Å²) in [5.41, 5.74) is 0.239. The summed E-state index contributed by atoms with van der Waals surface area (Å²) >= 11 is 5.55. The van der Waals surface area contributed by atoms with Crippen LogP contribution in [0.15, 0.2) is 12.3 Å². The molecule has 1 heterocycles. The molecule has 0 saturated heterocycles. The zero-order valence-electron chi connectivity index (χ0n) is 7.49. The molecule has 5 heteroatoms. The number of nitrogens with zero attached hydrogens (tertiary/aromatic N) is 2. The third kappa shape index (κ3) is 2.98. The van der Waals surface area contributed by atoms with Gasteiger partial charge in [-0.3, -0.25) is 0 Å². The van der Waals surface area contributed by atoms with E-state index >= 15 is 0 Å². The maximum Gasteiger partial charge on any atom is 0.337 e. The molecular weight excluding hydrogens is 216 g/mol. The van der Waals surface area contributed by atoms with E-state index in [1.807, 2.05) is 6.07 Å². The number of rotatable bonds is 1. The first-order chi connectivity index (χ1) is 7.15. The standard InChI is InChI=1S/C10H5ClN2O2/c11-9-5-8(10(14)15)7(6-13-9)3-1-2-4-12/h5-6H,2H2,(H,14,15). The zero-order valence-corrected chi connectivity index (χ0v) is 8.25. The van der Waals surface area contributed by atoms with Crippen molar-refractivity contribution in [3.63, 3.8) is 0 Å². The van der Waals surface area contributed by atoms with Crippen LogP contribution in [0.1, 0.15) is 22.3 Å². The van der Waals surface area contributed by atoms with Gasteiger partial charge in [0.25, 0.3) is 0 Å². The van der Waals surface area contributed by atoms with E-state index in [-0.39, 0.29) is 22.7 Å². The van der Waals surface area contributed by atoms with Gasteiger partial charge in [-0.05, 0) is 6.07 Å². The summed E-state index contributed by atoms with van der Waals surface area (Å²) in [6.45, 7) is 0. The molecule has 0 aliphatic heterocycles. The molecule has 0 aliphatic carbocycles. The van der Waals surface area contributed by atoms with E-state index in [0.717, 1.165) is 0 Å². The molecule has 4 nitrogen and oxygen atoms in total. The Kier molecular flexibility index (Phi) is 3.68. The van der Waals surface area contributed by atoms with Gasteiger partial charge in [0.1, 0.15) is 5.15 Å². The van der Waals surface area contributed by atoms with Crippen molar-refractivity contribution < 1.29 is 9.90 Å². The molecule has 1 N–H and O–H groups in total. The average Bonchev–Trinajstić information content (AvgIpc) is 2.20. The number of carboxylic acids is 1. The van der Waals surface area contributed by atoms with Gasteiger partial charge in [-0.2, -0.15) is 5.26 Å². The third-order valence-electron chi connectivity index (χ3n) is 1.49. The molecule has 0 atom stereocenters. The molecule has 0 bridgehead atoms.